The number of esters is 1. The Morgan fingerprint density at radius 1 is 1.47 bits per heavy atom. The van der Waals surface area contributed by atoms with Gasteiger partial charge in [-0.3, -0.25) is 4.79 Å². The van der Waals surface area contributed by atoms with Crippen molar-refractivity contribution in [3.63, 3.8) is 0 Å². The minimum atomic E-state index is -0.487. The normalized spacial score (nSPS) is 9.26. The highest BCUT2D eigenvalue weighted by atomic mass is 16.5. The number of benzene rings is 1. The van der Waals surface area contributed by atoms with Gasteiger partial charge in [0.2, 0.25) is 5.91 Å². The van der Waals surface area contributed by atoms with Crippen molar-refractivity contribution in [1.82, 2.24) is 0 Å². The van der Waals surface area contributed by atoms with E-state index >= 15 is 0 Å². The van der Waals surface area contributed by atoms with Crippen molar-refractivity contribution < 1.29 is 14.3 Å². The van der Waals surface area contributed by atoms with E-state index in [2.05, 4.69) is 11.9 Å². The largest absolute Gasteiger partial charge is 0.458 e. The Kier molecular flexibility index (Phi) is 5.30. The van der Waals surface area contributed by atoms with E-state index < -0.39 is 11.9 Å². The summed E-state index contributed by atoms with van der Waals surface area (Å²) in [6, 6.07) is 6.63. The molecule has 0 atom stereocenters. The predicted molar refractivity (Wildman–Crippen MR) is 70.5 cm³/mol. The van der Waals surface area contributed by atoms with Gasteiger partial charge in [0, 0.05) is 5.69 Å². The first kappa shape index (κ1) is 14.5. The Bertz CT molecular complexity index is 544. The fourth-order valence-corrected chi connectivity index (χ4v) is 1.47. The molecule has 0 aliphatic carbocycles. The lowest BCUT2D eigenvalue weighted by molar-refractivity contribution is -0.115. The minimum absolute atomic E-state index is 0.128. The van der Waals surface area contributed by atoms with Crippen molar-refractivity contribution in [3.8, 4) is 6.07 Å². The number of carbonyl (C=O) groups is 2. The molecule has 1 aromatic carbocycles. The fraction of sp³-hybridized carbons (Fsp3) is 0.214. The molecule has 1 amide bonds. The van der Waals surface area contributed by atoms with E-state index in [9.17, 15) is 9.59 Å². The summed E-state index contributed by atoms with van der Waals surface area (Å²) in [4.78, 5) is 23.0. The van der Waals surface area contributed by atoms with Crippen LogP contribution in [0.2, 0.25) is 0 Å². The van der Waals surface area contributed by atoms with Crippen LogP contribution in [0.3, 0.4) is 0 Å². The van der Waals surface area contributed by atoms with Gasteiger partial charge < -0.3 is 10.1 Å². The minimum Gasteiger partial charge on any atom is -0.458 e. The number of anilines is 1. The molecule has 0 saturated heterocycles. The summed E-state index contributed by atoms with van der Waals surface area (Å²) in [5.41, 5.74) is 1.61. The molecule has 0 bridgehead atoms. The molecule has 1 N–H and O–H groups in total. The third-order valence-electron chi connectivity index (χ3n) is 2.17. The van der Waals surface area contributed by atoms with E-state index in [0.29, 0.717) is 11.3 Å². The number of rotatable bonds is 5. The topological polar surface area (TPSA) is 79.2 Å². The van der Waals surface area contributed by atoms with Crippen LogP contribution in [0.25, 0.3) is 0 Å². The van der Waals surface area contributed by atoms with Crippen molar-refractivity contribution in [1.29, 1.82) is 5.26 Å². The maximum atomic E-state index is 11.7. The maximum Gasteiger partial charge on any atom is 0.338 e. The average Bonchev–Trinajstić information content (AvgIpc) is 2.35. The second-order valence-corrected chi connectivity index (χ2v) is 3.86. The summed E-state index contributed by atoms with van der Waals surface area (Å²) < 4.78 is 4.92. The van der Waals surface area contributed by atoms with Gasteiger partial charge in [0.25, 0.3) is 0 Å². The van der Waals surface area contributed by atoms with E-state index in [-0.39, 0.29) is 13.0 Å². The predicted octanol–water partition coefficient (Wildman–Crippen LogP) is 2.19. The van der Waals surface area contributed by atoms with E-state index in [1.165, 1.54) is 12.1 Å². The fourth-order valence-electron chi connectivity index (χ4n) is 1.47. The lowest BCUT2D eigenvalue weighted by Crippen LogP contribution is -2.12. The molecule has 0 aromatic heterocycles. The zero-order chi connectivity index (χ0) is 14.3. The average molecular weight is 258 g/mol. The van der Waals surface area contributed by atoms with Crippen LogP contribution in [0.15, 0.2) is 30.9 Å². The van der Waals surface area contributed by atoms with Crippen LogP contribution in [-0.2, 0) is 9.53 Å². The first-order valence-electron chi connectivity index (χ1n) is 5.63. The summed E-state index contributed by atoms with van der Waals surface area (Å²) in [5, 5.41) is 11.0. The van der Waals surface area contributed by atoms with E-state index in [1.807, 2.05) is 0 Å². The van der Waals surface area contributed by atoms with Crippen LogP contribution >= 0.6 is 0 Å². The Morgan fingerprint density at radius 3 is 2.84 bits per heavy atom. The molecule has 0 radical (unpaired) electrons. The summed E-state index contributed by atoms with van der Waals surface area (Å²) >= 11 is 0. The van der Waals surface area contributed by atoms with Crippen LogP contribution in [0.4, 0.5) is 5.69 Å². The second kappa shape index (κ2) is 6.97. The van der Waals surface area contributed by atoms with Crippen molar-refractivity contribution in [2.24, 2.45) is 0 Å². The van der Waals surface area contributed by atoms with E-state index in [1.54, 1.807) is 25.1 Å². The number of aryl methyl sites for hydroxylation is 1. The Labute approximate surface area is 111 Å². The molecule has 5 heteroatoms. The van der Waals surface area contributed by atoms with Gasteiger partial charge in [-0.2, -0.15) is 5.26 Å². The van der Waals surface area contributed by atoms with Crippen LogP contribution < -0.4 is 5.32 Å². The molecule has 0 unspecified atom stereocenters. The molecule has 0 saturated carbocycles. The van der Waals surface area contributed by atoms with Crippen molar-refractivity contribution >= 4 is 17.6 Å². The first-order valence-corrected chi connectivity index (χ1v) is 5.63. The molecule has 0 spiro atoms. The second-order valence-electron chi connectivity index (χ2n) is 3.86. The van der Waals surface area contributed by atoms with Gasteiger partial charge in [-0.25, -0.2) is 4.79 Å². The van der Waals surface area contributed by atoms with Gasteiger partial charge in [-0.1, -0.05) is 12.7 Å². The number of ether oxygens (including phenoxy) is 1. The van der Waals surface area contributed by atoms with Gasteiger partial charge >= 0.3 is 5.97 Å². The Morgan fingerprint density at radius 2 is 2.21 bits per heavy atom. The molecule has 19 heavy (non-hydrogen) atoms. The molecule has 5 nitrogen and oxygen atoms in total. The third-order valence-corrected chi connectivity index (χ3v) is 2.17. The van der Waals surface area contributed by atoms with Crippen LogP contribution in [0, 0.1) is 18.3 Å². The molecule has 0 fully saturated rings. The lowest BCUT2D eigenvalue weighted by Gasteiger charge is -2.08. The number of nitrogens with one attached hydrogen (secondary N) is 1. The van der Waals surface area contributed by atoms with Gasteiger partial charge in [0.05, 0.1) is 11.6 Å². The van der Waals surface area contributed by atoms with Crippen molar-refractivity contribution in [3.05, 3.63) is 42.0 Å². The van der Waals surface area contributed by atoms with Gasteiger partial charge in [-0.05, 0) is 30.7 Å². The number of nitriles is 1. The number of carbonyl (C=O) groups excluding carboxylic acids is 2. The molecule has 98 valence electrons. The van der Waals surface area contributed by atoms with E-state index in [4.69, 9.17) is 10.00 Å². The van der Waals surface area contributed by atoms with Gasteiger partial charge in [0.1, 0.15) is 13.0 Å². The van der Waals surface area contributed by atoms with Crippen molar-refractivity contribution in [2.75, 3.05) is 11.9 Å². The first-order chi connectivity index (χ1) is 9.06. The SMILES string of the molecule is C=CCOC(=O)c1cc(C)cc(NC(=O)CC#N)c1. The van der Waals surface area contributed by atoms with Gasteiger partial charge in [-0.15, -0.1) is 0 Å². The van der Waals surface area contributed by atoms with Crippen LogP contribution in [0.5, 0.6) is 0 Å². The highest BCUT2D eigenvalue weighted by Gasteiger charge is 2.10. The summed E-state index contributed by atoms with van der Waals surface area (Å²) in [6.07, 6.45) is 1.24. The molecule has 0 aliphatic rings. The molecule has 0 aliphatic heterocycles. The number of nitrogens with zero attached hydrogens (tertiary/aromatic N) is 1. The van der Waals surface area contributed by atoms with E-state index in [0.717, 1.165) is 5.56 Å². The van der Waals surface area contributed by atoms with Crippen LogP contribution in [0.1, 0.15) is 22.3 Å². The smallest absolute Gasteiger partial charge is 0.338 e. The lowest BCUT2D eigenvalue weighted by atomic mass is 10.1. The molecule has 0 heterocycles. The Hall–Kier alpha value is -2.61. The van der Waals surface area contributed by atoms with Crippen LogP contribution in [-0.4, -0.2) is 18.5 Å². The number of hydrogen-bond donors (Lipinski definition) is 1. The Balaban J connectivity index is 2.88. The standard InChI is InChI=1S/C14H14N2O3/c1-3-6-19-14(18)11-7-10(2)8-12(9-11)16-13(17)4-5-15/h3,7-9H,1,4,6H2,2H3,(H,16,17). The van der Waals surface area contributed by atoms with Crippen molar-refractivity contribution in [2.45, 2.75) is 13.3 Å². The molecule has 1 rings (SSSR count). The summed E-state index contributed by atoms with van der Waals surface area (Å²) in [7, 11) is 0. The number of amides is 1. The molecule has 1 aromatic rings. The summed E-state index contributed by atoms with van der Waals surface area (Å²) in [5.74, 6) is -0.905. The zero-order valence-corrected chi connectivity index (χ0v) is 10.6. The molecular weight excluding hydrogens is 244 g/mol. The quantitative estimate of drug-likeness (QED) is 0.648. The zero-order valence-electron chi connectivity index (χ0n) is 10.6. The third kappa shape index (κ3) is 4.64. The summed E-state index contributed by atoms with van der Waals surface area (Å²) in [6.45, 7) is 5.38. The highest BCUT2D eigenvalue weighted by molar-refractivity contribution is 5.95. The number of hydrogen-bond acceptors (Lipinski definition) is 4. The maximum absolute atomic E-state index is 11.7. The monoisotopic (exact) mass is 258 g/mol. The molecular formula is C14H14N2O3. The van der Waals surface area contributed by atoms with Gasteiger partial charge in [0.15, 0.2) is 0 Å². The highest BCUT2D eigenvalue weighted by Crippen LogP contribution is 2.15.